The minimum atomic E-state index is -0.177. The number of furan rings is 1. The Morgan fingerprint density at radius 3 is 2.42 bits per heavy atom. The van der Waals surface area contributed by atoms with E-state index in [2.05, 4.69) is 209 Å². The predicted octanol–water partition coefficient (Wildman–Crippen LogP) is 16.4. The van der Waals surface area contributed by atoms with E-state index in [1.807, 2.05) is 12.1 Å². The molecule has 0 amide bonds. The summed E-state index contributed by atoms with van der Waals surface area (Å²) in [6, 6.07) is 40.6. The van der Waals surface area contributed by atoms with Crippen LogP contribution in [0, 0.1) is 5.92 Å². The largest absolute Gasteiger partial charge is 0.438 e. The Hall–Kier alpha value is -6.91. The maximum atomic E-state index is 6.34. The molecule has 5 aromatic carbocycles. The molecule has 0 N–H and O–H groups in total. The molecule has 0 spiro atoms. The van der Waals surface area contributed by atoms with E-state index in [0.717, 1.165) is 42.5 Å². The van der Waals surface area contributed by atoms with Crippen LogP contribution in [0.1, 0.15) is 94.5 Å². The third-order valence-electron chi connectivity index (χ3n) is 15.1. The summed E-state index contributed by atoms with van der Waals surface area (Å²) < 4.78 is 6.34. The average molecular weight is 848 g/mol. The molecular weight excluding hydrogens is 791 g/mol. The zero-order valence-electron chi connectivity index (χ0n) is 38.3. The van der Waals surface area contributed by atoms with Gasteiger partial charge in [-0.3, -0.25) is 0 Å². The summed E-state index contributed by atoms with van der Waals surface area (Å²) in [6.45, 7) is 15.6. The average Bonchev–Trinajstić information content (AvgIpc) is 3.90. The van der Waals surface area contributed by atoms with Crippen molar-refractivity contribution in [3.63, 3.8) is 0 Å². The van der Waals surface area contributed by atoms with Gasteiger partial charge in [-0.1, -0.05) is 166 Å². The zero-order chi connectivity index (χ0) is 44.4. The van der Waals surface area contributed by atoms with Crippen LogP contribution in [-0.2, 0) is 5.41 Å². The van der Waals surface area contributed by atoms with Crippen LogP contribution in [-0.4, -0.2) is 12.3 Å². The Labute approximate surface area is 384 Å². The summed E-state index contributed by atoms with van der Waals surface area (Å²) in [4.78, 5) is 10.1. The Morgan fingerprint density at radius 1 is 0.831 bits per heavy atom. The van der Waals surface area contributed by atoms with Crippen LogP contribution in [0.5, 0.6) is 0 Å². The van der Waals surface area contributed by atoms with Crippen molar-refractivity contribution in [3.8, 4) is 0 Å². The molecule has 4 atom stereocenters. The van der Waals surface area contributed by atoms with Crippen molar-refractivity contribution in [1.82, 2.24) is 0 Å². The minimum absolute atomic E-state index is 0.0869. The number of hydrogen-bond donors (Lipinski definition) is 0. The maximum Gasteiger partial charge on any atom is 0.225 e. The molecule has 11 rings (SSSR count). The molecule has 5 aliphatic rings. The van der Waals surface area contributed by atoms with Gasteiger partial charge >= 0.3 is 0 Å². The third-order valence-corrected chi connectivity index (χ3v) is 15.1. The van der Waals surface area contributed by atoms with Crippen molar-refractivity contribution in [2.24, 2.45) is 10.9 Å². The highest BCUT2D eigenvalue weighted by Crippen LogP contribution is 2.57. The molecular formula is C61H57N3O. The van der Waals surface area contributed by atoms with E-state index in [9.17, 15) is 0 Å². The van der Waals surface area contributed by atoms with Gasteiger partial charge in [-0.2, -0.15) is 0 Å². The quantitative estimate of drug-likeness (QED) is 0.136. The summed E-state index contributed by atoms with van der Waals surface area (Å²) in [5.41, 5.74) is 17.4. The molecule has 6 aromatic rings. The van der Waals surface area contributed by atoms with Crippen molar-refractivity contribution < 1.29 is 4.42 Å². The molecule has 322 valence electrons. The highest BCUT2D eigenvalue weighted by Gasteiger charge is 2.45. The van der Waals surface area contributed by atoms with E-state index in [1.54, 1.807) is 0 Å². The number of nitrogens with zero attached hydrogens (tertiary/aromatic N) is 3. The standard InChI is InChI=1S/C61H57N3O/c1-7-39(2)41(4)61(5,6)45-20-17-21-47(37-45)63(54-34-30-44(36-40(54)3)42-18-9-8-10-19-42)56-35-33-48(49-22-11-12-23-50(49)56)43-28-31-46(32-29-43)64-55-26-15-13-24-51(55)53-38-62-60-58(59(53)64)52-25-14-16-27-57(52)65-60/h7,9,11-28,30-31,33-38,40,53-54,59H,1,8,10,29,32H2,2-6H3. The van der Waals surface area contributed by atoms with Gasteiger partial charge in [0.2, 0.25) is 5.88 Å². The van der Waals surface area contributed by atoms with Gasteiger partial charge in [0.25, 0.3) is 0 Å². The Kier molecular flexibility index (Phi) is 10.2. The first-order valence-corrected chi connectivity index (χ1v) is 23.5. The topological polar surface area (TPSA) is 32.0 Å². The fraction of sp³-hybridized carbons (Fsp3) is 0.230. The third kappa shape index (κ3) is 6.85. The highest BCUT2D eigenvalue weighted by atomic mass is 16.3. The maximum absolute atomic E-state index is 6.34. The van der Waals surface area contributed by atoms with Gasteiger partial charge in [-0.15, -0.1) is 0 Å². The van der Waals surface area contributed by atoms with Crippen LogP contribution in [0.4, 0.5) is 22.9 Å². The van der Waals surface area contributed by atoms with Crippen LogP contribution >= 0.6 is 0 Å². The van der Waals surface area contributed by atoms with Crippen LogP contribution in [0.3, 0.4) is 0 Å². The van der Waals surface area contributed by atoms with Crippen molar-refractivity contribution in [2.45, 2.75) is 83.7 Å². The van der Waals surface area contributed by atoms with Gasteiger partial charge in [0.15, 0.2) is 0 Å². The van der Waals surface area contributed by atoms with E-state index >= 15 is 0 Å². The van der Waals surface area contributed by atoms with Crippen molar-refractivity contribution in [2.75, 3.05) is 9.80 Å². The monoisotopic (exact) mass is 847 g/mol. The molecule has 0 saturated carbocycles. The van der Waals surface area contributed by atoms with Gasteiger partial charge in [0.1, 0.15) is 5.58 Å². The Bertz CT molecular complexity index is 3170. The first-order valence-electron chi connectivity index (χ1n) is 23.5. The second-order valence-electron chi connectivity index (χ2n) is 19.0. The molecule has 2 aliphatic heterocycles. The first kappa shape index (κ1) is 40.8. The van der Waals surface area contributed by atoms with E-state index in [4.69, 9.17) is 9.41 Å². The lowest BCUT2D eigenvalue weighted by Crippen LogP contribution is -2.36. The molecule has 3 heterocycles. The molecule has 4 unspecified atom stereocenters. The molecule has 3 aliphatic carbocycles. The summed E-state index contributed by atoms with van der Waals surface area (Å²) in [5, 5.41) is 3.69. The second-order valence-corrected chi connectivity index (χ2v) is 19.0. The fourth-order valence-corrected chi connectivity index (χ4v) is 11.2. The first-order chi connectivity index (χ1) is 31.7. The number of aliphatic imine (C=N–C) groups is 1. The predicted molar refractivity (Wildman–Crippen MR) is 275 cm³/mol. The Balaban J connectivity index is 1.000. The molecule has 0 bridgehead atoms. The highest BCUT2D eigenvalue weighted by molar-refractivity contribution is 6.03. The lowest BCUT2D eigenvalue weighted by atomic mass is 9.76. The number of para-hydroxylation sites is 2. The van der Waals surface area contributed by atoms with E-state index in [-0.39, 0.29) is 29.3 Å². The lowest BCUT2D eigenvalue weighted by molar-refractivity contribution is 0.592. The van der Waals surface area contributed by atoms with Gasteiger partial charge in [0.05, 0.1) is 12.1 Å². The van der Waals surface area contributed by atoms with E-state index < -0.39 is 0 Å². The van der Waals surface area contributed by atoms with E-state index in [0.29, 0.717) is 0 Å². The van der Waals surface area contributed by atoms with Crippen molar-refractivity contribution in [1.29, 1.82) is 0 Å². The van der Waals surface area contributed by atoms with Gasteiger partial charge in [-0.25, -0.2) is 4.99 Å². The smallest absolute Gasteiger partial charge is 0.225 e. The summed E-state index contributed by atoms with van der Waals surface area (Å²) >= 11 is 0. The molecule has 0 saturated heterocycles. The van der Waals surface area contributed by atoms with Crippen LogP contribution < -0.4 is 9.80 Å². The van der Waals surface area contributed by atoms with Gasteiger partial charge in [0, 0.05) is 56.6 Å². The van der Waals surface area contributed by atoms with Gasteiger partial charge in [-0.05, 0) is 121 Å². The Morgan fingerprint density at radius 2 is 1.63 bits per heavy atom. The summed E-state index contributed by atoms with van der Waals surface area (Å²) in [7, 11) is 0. The van der Waals surface area contributed by atoms with Crippen LogP contribution in [0.2, 0.25) is 0 Å². The van der Waals surface area contributed by atoms with Crippen LogP contribution in [0.25, 0.3) is 27.3 Å². The number of rotatable bonds is 9. The van der Waals surface area contributed by atoms with Crippen molar-refractivity contribution >= 4 is 56.5 Å². The fourth-order valence-electron chi connectivity index (χ4n) is 11.2. The summed E-state index contributed by atoms with van der Waals surface area (Å²) in [6.07, 6.45) is 27.2. The van der Waals surface area contributed by atoms with E-state index in [1.165, 1.54) is 83.7 Å². The van der Waals surface area contributed by atoms with Crippen LogP contribution in [0.15, 0.2) is 208 Å². The molecule has 0 radical (unpaired) electrons. The normalized spacial score (nSPS) is 21.5. The number of allylic oxidation sites excluding steroid dienone is 13. The summed E-state index contributed by atoms with van der Waals surface area (Å²) in [5.74, 6) is 1.15. The molecule has 65 heavy (non-hydrogen) atoms. The van der Waals surface area contributed by atoms with Crippen molar-refractivity contribution in [3.05, 3.63) is 221 Å². The number of hydrogen-bond acceptors (Lipinski definition) is 4. The molecule has 4 heteroatoms. The SMILES string of the molecule is C=CC(C)=C(C)C(C)(C)c1cccc(N(c2ccc(C3=CC=C(N4c5ccccc5C5C=Nc6oc7ccccc7c6C54)CC3)c3ccccc23)C2C=CC(C3=CCCC=C3)=CC2C)c1. The lowest BCUT2D eigenvalue weighted by Gasteiger charge is -2.39. The number of fused-ring (bicyclic) bond motifs is 8. The number of anilines is 3. The second kappa shape index (κ2) is 16.3. The van der Waals surface area contributed by atoms with Gasteiger partial charge < -0.3 is 14.2 Å². The zero-order valence-corrected chi connectivity index (χ0v) is 38.3. The molecule has 4 nitrogen and oxygen atoms in total. The minimum Gasteiger partial charge on any atom is -0.438 e. The molecule has 0 fully saturated rings. The molecule has 1 aromatic heterocycles. The number of benzene rings is 5.